The SMILES string of the molecule is COC1CN(c2c(C(N)=NO)c(C)nn2C)CC1OC. The predicted octanol–water partition coefficient (Wildman–Crippen LogP) is -0.327. The van der Waals surface area contributed by atoms with Crippen LogP contribution in [0.5, 0.6) is 0 Å². The number of aromatic nitrogens is 2. The highest BCUT2D eigenvalue weighted by atomic mass is 16.5. The number of ether oxygens (including phenoxy) is 2. The fourth-order valence-corrected chi connectivity index (χ4v) is 2.73. The summed E-state index contributed by atoms with van der Waals surface area (Å²) in [6, 6.07) is 0. The van der Waals surface area contributed by atoms with E-state index in [0.29, 0.717) is 24.3 Å². The Labute approximate surface area is 117 Å². The van der Waals surface area contributed by atoms with E-state index in [9.17, 15) is 0 Å². The van der Waals surface area contributed by atoms with Crippen molar-refractivity contribution in [1.82, 2.24) is 9.78 Å². The summed E-state index contributed by atoms with van der Waals surface area (Å²) in [5.74, 6) is 0.861. The molecule has 0 spiro atoms. The summed E-state index contributed by atoms with van der Waals surface area (Å²) in [7, 11) is 5.16. The van der Waals surface area contributed by atoms with Gasteiger partial charge in [-0.15, -0.1) is 0 Å². The van der Waals surface area contributed by atoms with E-state index >= 15 is 0 Å². The molecule has 0 saturated carbocycles. The maximum atomic E-state index is 8.94. The van der Waals surface area contributed by atoms with E-state index in [1.54, 1.807) is 18.9 Å². The molecule has 1 aromatic rings. The van der Waals surface area contributed by atoms with Crippen LogP contribution in [0.15, 0.2) is 5.16 Å². The summed E-state index contributed by atoms with van der Waals surface area (Å²) in [4.78, 5) is 2.08. The first-order valence-electron chi connectivity index (χ1n) is 6.35. The van der Waals surface area contributed by atoms with Gasteiger partial charge < -0.3 is 25.3 Å². The lowest BCUT2D eigenvalue weighted by Gasteiger charge is -2.19. The first-order valence-corrected chi connectivity index (χ1v) is 6.35. The number of hydrogen-bond acceptors (Lipinski definition) is 6. The molecule has 0 aliphatic carbocycles. The van der Waals surface area contributed by atoms with Gasteiger partial charge in [-0.3, -0.25) is 4.68 Å². The molecule has 0 amide bonds. The number of rotatable bonds is 4. The van der Waals surface area contributed by atoms with Crippen LogP contribution in [-0.2, 0) is 16.5 Å². The maximum Gasteiger partial charge on any atom is 0.175 e. The van der Waals surface area contributed by atoms with Crippen molar-refractivity contribution < 1.29 is 14.7 Å². The number of hydrogen-bond donors (Lipinski definition) is 2. The lowest BCUT2D eigenvalue weighted by molar-refractivity contribution is -0.00461. The van der Waals surface area contributed by atoms with Gasteiger partial charge in [-0.1, -0.05) is 5.16 Å². The largest absolute Gasteiger partial charge is 0.409 e. The summed E-state index contributed by atoms with van der Waals surface area (Å²) in [6.07, 6.45) is -0.0364. The van der Waals surface area contributed by atoms with Gasteiger partial charge in [0.1, 0.15) is 18.0 Å². The lowest BCUT2D eigenvalue weighted by Crippen LogP contribution is -2.27. The summed E-state index contributed by atoms with van der Waals surface area (Å²) in [5, 5.41) is 16.4. The Morgan fingerprint density at radius 3 is 2.35 bits per heavy atom. The molecule has 3 N–H and O–H groups in total. The van der Waals surface area contributed by atoms with Gasteiger partial charge in [0.15, 0.2) is 5.84 Å². The Bertz CT molecular complexity index is 501. The molecule has 1 saturated heterocycles. The van der Waals surface area contributed by atoms with Crippen molar-refractivity contribution in [2.75, 3.05) is 32.2 Å². The van der Waals surface area contributed by atoms with Gasteiger partial charge in [0, 0.05) is 34.4 Å². The Morgan fingerprint density at radius 2 is 1.90 bits per heavy atom. The Hall–Kier alpha value is -1.80. The number of amidine groups is 1. The predicted molar refractivity (Wildman–Crippen MR) is 74.3 cm³/mol. The van der Waals surface area contributed by atoms with Gasteiger partial charge in [0.05, 0.1) is 11.3 Å². The van der Waals surface area contributed by atoms with Crippen molar-refractivity contribution in [3.05, 3.63) is 11.3 Å². The molecular weight excluding hydrogens is 262 g/mol. The molecule has 8 nitrogen and oxygen atoms in total. The van der Waals surface area contributed by atoms with Crippen LogP contribution in [0.1, 0.15) is 11.3 Å². The van der Waals surface area contributed by atoms with Crippen LogP contribution in [-0.4, -0.2) is 60.3 Å². The van der Waals surface area contributed by atoms with Gasteiger partial charge >= 0.3 is 0 Å². The van der Waals surface area contributed by atoms with Gasteiger partial charge in [-0.25, -0.2) is 0 Å². The van der Waals surface area contributed by atoms with Crippen molar-refractivity contribution in [2.45, 2.75) is 19.1 Å². The topological polar surface area (TPSA) is 98.1 Å². The van der Waals surface area contributed by atoms with Gasteiger partial charge in [-0.2, -0.15) is 5.10 Å². The van der Waals surface area contributed by atoms with Gasteiger partial charge in [0.2, 0.25) is 0 Å². The molecule has 1 aliphatic rings. The van der Waals surface area contributed by atoms with Gasteiger partial charge in [-0.05, 0) is 6.92 Å². The molecule has 2 unspecified atom stereocenters. The first-order chi connectivity index (χ1) is 9.53. The molecule has 0 aromatic carbocycles. The van der Waals surface area contributed by atoms with Crippen LogP contribution in [0.4, 0.5) is 5.82 Å². The van der Waals surface area contributed by atoms with E-state index in [0.717, 1.165) is 5.82 Å². The molecule has 1 fully saturated rings. The van der Waals surface area contributed by atoms with Crippen LogP contribution in [0.25, 0.3) is 0 Å². The van der Waals surface area contributed by atoms with Crippen LogP contribution in [0.3, 0.4) is 0 Å². The van der Waals surface area contributed by atoms with Crippen molar-refractivity contribution in [1.29, 1.82) is 0 Å². The molecule has 8 heteroatoms. The van der Waals surface area contributed by atoms with Crippen molar-refractivity contribution in [3.63, 3.8) is 0 Å². The van der Waals surface area contributed by atoms with Crippen molar-refractivity contribution in [2.24, 2.45) is 17.9 Å². The van der Waals surface area contributed by atoms with E-state index in [1.165, 1.54) is 0 Å². The summed E-state index contributed by atoms with van der Waals surface area (Å²) in [5.41, 5.74) is 7.12. The minimum Gasteiger partial charge on any atom is -0.409 e. The van der Waals surface area contributed by atoms with E-state index < -0.39 is 0 Å². The summed E-state index contributed by atoms with van der Waals surface area (Å²) < 4.78 is 12.6. The number of methoxy groups -OCH3 is 2. The zero-order valence-electron chi connectivity index (χ0n) is 12.2. The van der Waals surface area contributed by atoms with Crippen LogP contribution in [0, 0.1) is 6.92 Å². The zero-order chi connectivity index (χ0) is 14.9. The molecule has 20 heavy (non-hydrogen) atoms. The number of nitrogens with two attached hydrogens (primary N) is 1. The molecule has 112 valence electrons. The van der Waals surface area contributed by atoms with E-state index in [2.05, 4.69) is 15.2 Å². The Balaban J connectivity index is 2.39. The average Bonchev–Trinajstić information content (AvgIpc) is 2.97. The zero-order valence-corrected chi connectivity index (χ0v) is 12.2. The Morgan fingerprint density at radius 1 is 1.35 bits per heavy atom. The van der Waals surface area contributed by atoms with Crippen LogP contribution < -0.4 is 10.6 Å². The molecule has 2 heterocycles. The van der Waals surface area contributed by atoms with E-state index in [-0.39, 0.29) is 18.0 Å². The van der Waals surface area contributed by atoms with E-state index in [4.69, 9.17) is 20.4 Å². The third-order valence-corrected chi connectivity index (χ3v) is 3.68. The van der Waals surface area contributed by atoms with Crippen LogP contribution in [0.2, 0.25) is 0 Å². The standard InChI is InChI=1S/C12H21N5O3/c1-7-10(11(13)15-18)12(16(2)14-7)17-5-8(19-3)9(6-17)20-4/h8-9,18H,5-6H2,1-4H3,(H2,13,15). The van der Waals surface area contributed by atoms with Crippen LogP contribution >= 0.6 is 0 Å². The van der Waals surface area contributed by atoms with Crippen molar-refractivity contribution in [3.8, 4) is 0 Å². The molecule has 1 aromatic heterocycles. The highest BCUT2D eigenvalue weighted by Crippen LogP contribution is 2.28. The highest BCUT2D eigenvalue weighted by molar-refractivity contribution is 6.02. The first kappa shape index (κ1) is 14.6. The minimum absolute atomic E-state index is 0.0182. The third kappa shape index (κ3) is 2.32. The normalized spacial score (nSPS) is 23.6. The molecular formula is C12H21N5O3. The molecule has 2 atom stereocenters. The van der Waals surface area contributed by atoms with Gasteiger partial charge in [0.25, 0.3) is 0 Å². The Kier molecular flexibility index (Phi) is 4.15. The quantitative estimate of drug-likeness (QED) is 0.340. The number of anilines is 1. The fraction of sp³-hybridized carbons (Fsp3) is 0.667. The number of nitrogens with zero attached hydrogens (tertiary/aromatic N) is 4. The second kappa shape index (κ2) is 5.68. The lowest BCUT2D eigenvalue weighted by atomic mass is 10.2. The number of oxime groups is 1. The minimum atomic E-state index is -0.0182. The average molecular weight is 283 g/mol. The molecule has 0 radical (unpaired) electrons. The maximum absolute atomic E-state index is 8.94. The summed E-state index contributed by atoms with van der Waals surface area (Å²) >= 11 is 0. The monoisotopic (exact) mass is 283 g/mol. The number of aryl methyl sites for hydroxylation is 2. The molecule has 1 aliphatic heterocycles. The second-order valence-electron chi connectivity index (χ2n) is 4.85. The molecule has 0 bridgehead atoms. The highest BCUT2D eigenvalue weighted by Gasteiger charge is 2.36. The molecule has 2 rings (SSSR count). The van der Waals surface area contributed by atoms with Crippen molar-refractivity contribution >= 4 is 11.7 Å². The van der Waals surface area contributed by atoms with E-state index in [1.807, 2.05) is 14.0 Å². The third-order valence-electron chi connectivity index (χ3n) is 3.68. The summed E-state index contributed by atoms with van der Waals surface area (Å²) in [6.45, 7) is 3.16. The second-order valence-corrected chi connectivity index (χ2v) is 4.85. The smallest absolute Gasteiger partial charge is 0.175 e. The fourth-order valence-electron chi connectivity index (χ4n) is 2.73.